The highest BCUT2D eigenvalue weighted by Gasteiger charge is 2.04. The second kappa shape index (κ2) is 8.11. The van der Waals surface area contributed by atoms with Crippen molar-refractivity contribution in [3.05, 3.63) is 40.4 Å². The fourth-order valence-electron chi connectivity index (χ4n) is 1.25. The number of hydrogen-bond acceptors (Lipinski definition) is 3. The third-order valence-electron chi connectivity index (χ3n) is 2.14. The molecule has 0 saturated carbocycles. The summed E-state index contributed by atoms with van der Waals surface area (Å²) in [4.78, 5) is 32.8. The largest absolute Gasteiger partial charge is 0.480 e. The smallest absolute Gasteiger partial charge is 0.322 e. The molecule has 0 heterocycles. The number of carbonyl (C=O) groups excluding carboxylic acids is 2. The van der Waals surface area contributed by atoms with E-state index in [2.05, 4.69) is 26.6 Å². The van der Waals surface area contributed by atoms with Gasteiger partial charge in [-0.2, -0.15) is 0 Å². The molecular weight excluding hydrogens is 328 g/mol. The van der Waals surface area contributed by atoms with Crippen LogP contribution in [0.5, 0.6) is 0 Å². The van der Waals surface area contributed by atoms with E-state index in [1.54, 1.807) is 6.08 Å². The van der Waals surface area contributed by atoms with Crippen LogP contribution in [0, 0.1) is 0 Å². The van der Waals surface area contributed by atoms with Crippen LogP contribution >= 0.6 is 15.9 Å². The SMILES string of the molecule is O=C(O)CNC(=O)CNC(=O)/C=C/c1cccc(Br)c1. The summed E-state index contributed by atoms with van der Waals surface area (Å²) in [5.41, 5.74) is 0.838. The van der Waals surface area contributed by atoms with Crippen LogP contribution in [0.4, 0.5) is 0 Å². The Morgan fingerprint density at radius 3 is 2.60 bits per heavy atom. The molecule has 0 aromatic heterocycles. The van der Waals surface area contributed by atoms with Gasteiger partial charge in [-0.25, -0.2) is 0 Å². The minimum atomic E-state index is -1.14. The van der Waals surface area contributed by atoms with Crippen molar-refractivity contribution in [2.45, 2.75) is 0 Å². The molecule has 7 heteroatoms. The predicted octanol–water partition coefficient (Wildman–Crippen LogP) is 0.779. The van der Waals surface area contributed by atoms with E-state index in [1.807, 2.05) is 24.3 Å². The van der Waals surface area contributed by atoms with Crippen LogP contribution in [0.25, 0.3) is 6.08 Å². The van der Waals surface area contributed by atoms with Gasteiger partial charge in [-0.1, -0.05) is 28.1 Å². The van der Waals surface area contributed by atoms with E-state index in [1.165, 1.54) is 6.08 Å². The number of amides is 2. The number of carboxylic acid groups (broad SMARTS) is 1. The molecule has 0 fully saturated rings. The van der Waals surface area contributed by atoms with Gasteiger partial charge >= 0.3 is 5.97 Å². The van der Waals surface area contributed by atoms with Crippen molar-refractivity contribution < 1.29 is 19.5 Å². The summed E-state index contributed by atoms with van der Waals surface area (Å²) in [5, 5.41) is 12.8. The normalized spacial score (nSPS) is 10.2. The first kappa shape index (κ1) is 15.9. The zero-order valence-electron chi connectivity index (χ0n) is 10.4. The van der Waals surface area contributed by atoms with Crippen molar-refractivity contribution >= 4 is 39.8 Å². The zero-order chi connectivity index (χ0) is 15.0. The Hall–Kier alpha value is -2.15. The number of carboxylic acids is 1. The Labute approximate surface area is 124 Å². The maximum Gasteiger partial charge on any atom is 0.322 e. The fraction of sp³-hybridized carbons (Fsp3) is 0.154. The maximum absolute atomic E-state index is 11.4. The minimum Gasteiger partial charge on any atom is -0.480 e. The van der Waals surface area contributed by atoms with Gasteiger partial charge in [-0.15, -0.1) is 0 Å². The van der Waals surface area contributed by atoms with E-state index in [0.29, 0.717) is 0 Å². The number of rotatable bonds is 6. The molecule has 3 N–H and O–H groups in total. The fourth-order valence-corrected chi connectivity index (χ4v) is 1.66. The van der Waals surface area contributed by atoms with Gasteiger partial charge in [-0.3, -0.25) is 14.4 Å². The Kier molecular flexibility index (Phi) is 6.45. The first-order chi connectivity index (χ1) is 9.47. The number of nitrogens with one attached hydrogen (secondary N) is 2. The summed E-state index contributed by atoms with van der Waals surface area (Å²) in [6, 6.07) is 7.36. The Morgan fingerprint density at radius 2 is 1.95 bits per heavy atom. The average Bonchev–Trinajstić information content (AvgIpc) is 2.40. The summed E-state index contributed by atoms with van der Waals surface area (Å²) in [6.45, 7) is -0.739. The predicted molar refractivity (Wildman–Crippen MR) is 76.8 cm³/mol. The molecule has 2 amide bonds. The molecule has 1 aromatic carbocycles. The molecule has 1 rings (SSSR count). The van der Waals surface area contributed by atoms with Gasteiger partial charge in [0.2, 0.25) is 11.8 Å². The lowest BCUT2D eigenvalue weighted by molar-refractivity contribution is -0.137. The van der Waals surface area contributed by atoms with Gasteiger partial charge < -0.3 is 15.7 Å². The second-order valence-electron chi connectivity index (χ2n) is 3.78. The van der Waals surface area contributed by atoms with E-state index < -0.39 is 24.3 Å². The van der Waals surface area contributed by atoms with E-state index in [0.717, 1.165) is 10.0 Å². The lowest BCUT2D eigenvalue weighted by Crippen LogP contribution is -2.38. The summed E-state index contributed by atoms with van der Waals surface area (Å²) < 4.78 is 0.896. The summed E-state index contributed by atoms with van der Waals surface area (Å²) in [7, 11) is 0. The lowest BCUT2D eigenvalue weighted by atomic mass is 10.2. The molecule has 0 bridgehead atoms. The molecule has 1 aromatic rings. The van der Waals surface area contributed by atoms with Crippen LogP contribution < -0.4 is 10.6 Å². The van der Waals surface area contributed by atoms with Crippen molar-refractivity contribution in [3.8, 4) is 0 Å². The maximum atomic E-state index is 11.4. The van der Waals surface area contributed by atoms with Gasteiger partial charge in [0.15, 0.2) is 0 Å². The summed E-state index contributed by atoms with van der Waals surface area (Å²) in [5.74, 6) is -2.13. The Morgan fingerprint density at radius 1 is 1.20 bits per heavy atom. The van der Waals surface area contributed by atoms with Gasteiger partial charge in [0.25, 0.3) is 0 Å². The topological polar surface area (TPSA) is 95.5 Å². The van der Waals surface area contributed by atoms with Crippen LogP contribution in [-0.4, -0.2) is 36.0 Å². The molecular formula is C13H13BrN2O4. The highest BCUT2D eigenvalue weighted by molar-refractivity contribution is 9.10. The number of carbonyl (C=O) groups is 3. The van der Waals surface area contributed by atoms with E-state index in [-0.39, 0.29) is 6.54 Å². The monoisotopic (exact) mass is 340 g/mol. The van der Waals surface area contributed by atoms with Crippen LogP contribution in [0.3, 0.4) is 0 Å². The average molecular weight is 341 g/mol. The number of aliphatic carboxylic acids is 1. The van der Waals surface area contributed by atoms with E-state index >= 15 is 0 Å². The summed E-state index contributed by atoms with van der Waals surface area (Å²) in [6.07, 6.45) is 2.90. The van der Waals surface area contributed by atoms with Crippen molar-refractivity contribution in [2.24, 2.45) is 0 Å². The van der Waals surface area contributed by atoms with Crippen LogP contribution in [0.1, 0.15) is 5.56 Å². The lowest BCUT2D eigenvalue weighted by Gasteiger charge is -2.02. The minimum absolute atomic E-state index is 0.269. The standard InChI is InChI=1S/C13H13BrN2O4/c14-10-3-1-2-9(6-10)4-5-11(17)15-7-12(18)16-8-13(19)20/h1-6H,7-8H2,(H,15,17)(H,16,18)(H,19,20)/b5-4+. The van der Waals surface area contributed by atoms with E-state index in [4.69, 9.17) is 5.11 Å². The molecule has 0 atom stereocenters. The molecule has 0 spiro atoms. The first-order valence-corrected chi connectivity index (χ1v) is 6.46. The molecule has 0 radical (unpaired) electrons. The van der Waals surface area contributed by atoms with E-state index in [9.17, 15) is 14.4 Å². The van der Waals surface area contributed by atoms with Crippen LogP contribution in [0.15, 0.2) is 34.8 Å². The molecule has 20 heavy (non-hydrogen) atoms. The third kappa shape index (κ3) is 6.69. The molecule has 0 aliphatic carbocycles. The van der Waals surface area contributed by atoms with Crippen LogP contribution in [0.2, 0.25) is 0 Å². The van der Waals surface area contributed by atoms with Gasteiger partial charge in [0.05, 0.1) is 6.54 Å². The number of hydrogen-bond donors (Lipinski definition) is 3. The molecule has 106 valence electrons. The van der Waals surface area contributed by atoms with Gasteiger partial charge in [0.1, 0.15) is 6.54 Å². The summed E-state index contributed by atoms with van der Waals surface area (Å²) >= 11 is 3.31. The van der Waals surface area contributed by atoms with Crippen LogP contribution in [-0.2, 0) is 14.4 Å². The zero-order valence-corrected chi connectivity index (χ0v) is 12.0. The Bertz CT molecular complexity index is 543. The van der Waals surface area contributed by atoms with Gasteiger partial charge in [-0.05, 0) is 23.8 Å². The van der Waals surface area contributed by atoms with Crippen molar-refractivity contribution in [3.63, 3.8) is 0 Å². The quantitative estimate of drug-likeness (QED) is 0.667. The van der Waals surface area contributed by atoms with Crippen molar-refractivity contribution in [2.75, 3.05) is 13.1 Å². The highest BCUT2D eigenvalue weighted by atomic mass is 79.9. The first-order valence-electron chi connectivity index (χ1n) is 5.67. The molecule has 0 aliphatic rings. The Balaban J connectivity index is 2.36. The van der Waals surface area contributed by atoms with Crippen molar-refractivity contribution in [1.29, 1.82) is 0 Å². The molecule has 0 unspecified atom stereocenters. The number of halogens is 1. The second-order valence-corrected chi connectivity index (χ2v) is 4.69. The third-order valence-corrected chi connectivity index (χ3v) is 2.63. The number of benzene rings is 1. The van der Waals surface area contributed by atoms with Crippen molar-refractivity contribution in [1.82, 2.24) is 10.6 Å². The molecule has 0 saturated heterocycles. The van der Waals surface area contributed by atoms with Gasteiger partial charge in [0, 0.05) is 10.5 Å². The molecule has 6 nitrogen and oxygen atoms in total. The highest BCUT2D eigenvalue weighted by Crippen LogP contribution is 2.12. The molecule has 0 aliphatic heterocycles.